The number of nitrogens with zero attached hydrogens (tertiary/aromatic N) is 4. The Morgan fingerprint density at radius 3 is 2.59 bits per heavy atom. The summed E-state index contributed by atoms with van der Waals surface area (Å²) in [6.45, 7) is 1.26. The molecule has 0 bridgehead atoms. The molecule has 8 nitrogen and oxygen atoms in total. The van der Waals surface area contributed by atoms with Crippen LogP contribution < -0.4 is 9.47 Å². The average molecular weight is 394 g/mol. The van der Waals surface area contributed by atoms with Crippen molar-refractivity contribution in [3.8, 4) is 23.0 Å². The molecule has 0 atom stereocenters. The third-order valence-corrected chi connectivity index (χ3v) is 5.00. The van der Waals surface area contributed by atoms with Crippen molar-refractivity contribution in [3.63, 3.8) is 0 Å². The maximum Gasteiger partial charge on any atom is 0.260 e. The van der Waals surface area contributed by atoms with E-state index >= 15 is 0 Å². The predicted octanol–water partition coefficient (Wildman–Crippen LogP) is 2.93. The molecule has 1 fully saturated rings. The van der Waals surface area contributed by atoms with Crippen molar-refractivity contribution in [2.45, 2.75) is 18.8 Å². The number of aromatic nitrogens is 3. The van der Waals surface area contributed by atoms with Crippen LogP contribution in [0.3, 0.4) is 0 Å². The van der Waals surface area contributed by atoms with E-state index < -0.39 is 0 Å². The molecule has 1 amide bonds. The van der Waals surface area contributed by atoms with Crippen LogP contribution in [0.15, 0.2) is 53.3 Å². The minimum atomic E-state index is -0.0417. The van der Waals surface area contributed by atoms with Gasteiger partial charge in [-0.25, -0.2) is 0 Å². The predicted molar refractivity (Wildman–Crippen MR) is 105 cm³/mol. The number of benzene rings is 1. The maximum atomic E-state index is 12.5. The number of hydrogen-bond donors (Lipinski definition) is 0. The van der Waals surface area contributed by atoms with Gasteiger partial charge < -0.3 is 18.9 Å². The van der Waals surface area contributed by atoms with Gasteiger partial charge in [-0.05, 0) is 37.1 Å². The molecular weight excluding hydrogens is 372 g/mol. The fraction of sp³-hybridized carbons (Fsp3) is 0.333. The SMILES string of the molecule is COc1ccccc1OCC(=O)N1CCC(c2noc(-c3ccncc3)n2)CC1. The molecule has 0 unspecified atom stereocenters. The summed E-state index contributed by atoms with van der Waals surface area (Å²) in [5, 5.41) is 4.13. The van der Waals surface area contributed by atoms with Gasteiger partial charge in [0, 0.05) is 37.0 Å². The summed E-state index contributed by atoms with van der Waals surface area (Å²) in [6.07, 6.45) is 4.96. The Morgan fingerprint density at radius 1 is 1.14 bits per heavy atom. The van der Waals surface area contributed by atoms with Crippen molar-refractivity contribution < 1.29 is 18.8 Å². The van der Waals surface area contributed by atoms with E-state index in [-0.39, 0.29) is 18.4 Å². The third-order valence-electron chi connectivity index (χ3n) is 5.00. The van der Waals surface area contributed by atoms with Gasteiger partial charge >= 0.3 is 0 Å². The smallest absolute Gasteiger partial charge is 0.260 e. The van der Waals surface area contributed by atoms with Crippen LogP contribution in [0.2, 0.25) is 0 Å². The minimum Gasteiger partial charge on any atom is -0.493 e. The van der Waals surface area contributed by atoms with Gasteiger partial charge in [-0.3, -0.25) is 9.78 Å². The number of pyridine rings is 1. The molecule has 1 saturated heterocycles. The lowest BCUT2D eigenvalue weighted by Crippen LogP contribution is -2.40. The number of piperidine rings is 1. The number of hydrogen-bond acceptors (Lipinski definition) is 7. The van der Waals surface area contributed by atoms with Crippen LogP contribution in [0.4, 0.5) is 0 Å². The first-order valence-corrected chi connectivity index (χ1v) is 9.52. The molecule has 1 aliphatic rings. The highest BCUT2D eigenvalue weighted by molar-refractivity contribution is 5.78. The average Bonchev–Trinajstić information content (AvgIpc) is 3.29. The fourth-order valence-electron chi connectivity index (χ4n) is 3.37. The molecule has 3 heterocycles. The number of methoxy groups -OCH3 is 1. The van der Waals surface area contributed by atoms with E-state index in [4.69, 9.17) is 14.0 Å². The van der Waals surface area contributed by atoms with Crippen LogP contribution in [-0.4, -0.2) is 52.7 Å². The Labute approximate surface area is 168 Å². The van der Waals surface area contributed by atoms with Crippen molar-refractivity contribution in [3.05, 3.63) is 54.6 Å². The highest BCUT2D eigenvalue weighted by Crippen LogP contribution is 2.29. The fourth-order valence-corrected chi connectivity index (χ4v) is 3.37. The summed E-state index contributed by atoms with van der Waals surface area (Å²) >= 11 is 0. The van der Waals surface area contributed by atoms with E-state index in [1.165, 1.54) is 0 Å². The minimum absolute atomic E-state index is 0.0144. The normalized spacial score (nSPS) is 14.6. The first kappa shape index (κ1) is 18.9. The monoisotopic (exact) mass is 394 g/mol. The number of likely N-dealkylation sites (tertiary alicyclic amines) is 1. The Balaban J connectivity index is 1.30. The molecule has 0 saturated carbocycles. The van der Waals surface area contributed by atoms with Gasteiger partial charge in [0.15, 0.2) is 23.9 Å². The number of para-hydroxylation sites is 2. The van der Waals surface area contributed by atoms with E-state index in [1.54, 1.807) is 31.6 Å². The van der Waals surface area contributed by atoms with Gasteiger partial charge in [0.05, 0.1) is 7.11 Å². The zero-order valence-corrected chi connectivity index (χ0v) is 16.2. The van der Waals surface area contributed by atoms with E-state index in [1.807, 2.05) is 29.2 Å². The van der Waals surface area contributed by atoms with Crippen molar-refractivity contribution in [2.75, 3.05) is 26.8 Å². The molecular formula is C21H22N4O4. The number of ether oxygens (including phenoxy) is 2. The number of carbonyl (C=O) groups excluding carboxylic acids is 1. The van der Waals surface area contributed by atoms with Crippen molar-refractivity contribution in [2.24, 2.45) is 0 Å². The highest BCUT2D eigenvalue weighted by atomic mass is 16.5. The van der Waals surface area contributed by atoms with Crippen molar-refractivity contribution in [1.29, 1.82) is 0 Å². The van der Waals surface area contributed by atoms with Gasteiger partial charge in [0.2, 0.25) is 0 Å². The van der Waals surface area contributed by atoms with Gasteiger partial charge in [0.1, 0.15) is 0 Å². The Bertz CT molecular complexity index is 952. The number of amides is 1. The van der Waals surface area contributed by atoms with Crippen LogP contribution in [0.5, 0.6) is 11.5 Å². The molecule has 8 heteroatoms. The van der Waals surface area contributed by atoms with Crippen molar-refractivity contribution >= 4 is 5.91 Å². The van der Waals surface area contributed by atoms with Crippen LogP contribution in [0, 0.1) is 0 Å². The highest BCUT2D eigenvalue weighted by Gasteiger charge is 2.27. The Kier molecular flexibility index (Phi) is 5.69. The second-order valence-electron chi connectivity index (χ2n) is 6.79. The lowest BCUT2D eigenvalue weighted by molar-refractivity contribution is -0.134. The summed E-state index contributed by atoms with van der Waals surface area (Å²) in [7, 11) is 1.58. The summed E-state index contributed by atoms with van der Waals surface area (Å²) in [4.78, 5) is 22.8. The molecule has 1 aromatic carbocycles. The molecule has 1 aliphatic heterocycles. The van der Waals surface area contributed by atoms with Crippen LogP contribution in [-0.2, 0) is 4.79 Å². The Hall–Kier alpha value is -3.42. The Morgan fingerprint density at radius 2 is 1.86 bits per heavy atom. The second-order valence-corrected chi connectivity index (χ2v) is 6.79. The van der Waals surface area contributed by atoms with Gasteiger partial charge in [0.25, 0.3) is 11.8 Å². The van der Waals surface area contributed by atoms with E-state index in [0.29, 0.717) is 36.3 Å². The van der Waals surface area contributed by atoms with Crippen LogP contribution in [0.25, 0.3) is 11.5 Å². The summed E-state index contributed by atoms with van der Waals surface area (Å²) in [5.41, 5.74) is 0.847. The maximum absolute atomic E-state index is 12.5. The topological polar surface area (TPSA) is 90.6 Å². The molecule has 4 rings (SSSR count). The molecule has 0 N–H and O–H groups in total. The zero-order valence-electron chi connectivity index (χ0n) is 16.2. The lowest BCUT2D eigenvalue weighted by atomic mass is 9.96. The second kappa shape index (κ2) is 8.72. The molecule has 0 aliphatic carbocycles. The first-order valence-electron chi connectivity index (χ1n) is 9.52. The van der Waals surface area contributed by atoms with Crippen molar-refractivity contribution in [1.82, 2.24) is 20.0 Å². The number of carbonyl (C=O) groups is 1. The van der Waals surface area contributed by atoms with Crippen LogP contribution in [0.1, 0.15) is 24.6 Å². The van der Waals surface area contributed by atoms with Crippen LogP contribution >= 0.6 is 0 Å². The van der Waals surface area contributed by atoms with E-state index in [0.717, 1.165) is 18.4 Å². The summed E-state index contributed by atoms with van der Waals surface area (Å²) in [6, 6.07) is 11.0. The van der Waals surface area contributed by atoms with Gasteiger partial charge in [-0.1, -0.05) is 17.3 Å². The molecule has 3 aromatic rings. The van der Waals surface area contributed by atoms with Gasteiger partial charge in [-0.2, -0.15) is 4.98 Å². The summed E-state index contributed by atoms with van der Waals surface area (Å²) in [5.74, 6) is 2.49. The largest absolute Gasteiger partial charge is 0.493 e. The standard InChI is InChI=1S/C21H22N4O4/c1-27-17-4-2-3-5-18(17)28-14-19(26)25-12-8-15(9-13-25)20-23-21(29-24-20)16-6-10-22-11-7-16/h2-7,10-11,15H,8-9,12-14H2,1H3. The molecule has 29 heavy (non-hydrogen) atoms. The van der Waals surface area contributed by atoms with E-state index in [9.17, 15) is 4.79 Å². The zero-order chi connectivity index (χ0) is 20.1. The molecule has 0 spiro atoms. The third kappa shape index (κ3) is 4.37. The lowest BCUT2D eigenvalue weighted by Gasteiger charge is -2.30. The first-order chi connectivity index (χ1) is 14.2. The number of rotatable bonds is 6. The van der Waals surface area contributed by atoms with E-state index in [2.05, 4.69) is 15.1 Å². The molecule has 150 valence electrons. The summed E-state index contributed by atoms with van der Waals surface area (Å²) < 4.78 is 16.3. The molecule has 2 aromatic heterocycles. The quantitative estimate of drug-likeness (QED) is 0.635. The van der Waals surface area contributed by atoms with Gasteiger partial charge in [-0.15, -0.1) is 0 Å². The molecule has 0 radical (unpaired) electrons.